The molecule has 0 aromatic rings. The third-order valence-corrected chi connectivity index (χ3v) is 1.63. The number of hydrogen-bond acceptors (Lipinski definition) is 3. The number of carbonyl (C=O) groups is 1. The zero-order valence-electron chi connectivity index (χ0n) is 10.5. The highest BCUT2D eigenvalue weighted by Crippen LogP contribution is 2.16. The highest BCUT2D eigenvalue weighted by atomic mass is 16.5. The number of nitrogens with zero attached hydrogens (tertiary/aromatic N) is 1. The van der Waals surface area contributed by atoms with Gasteiger partial charge in [0, 0.05) is 17.7 Å². The Morgan fingerprint density at radius 1 is 1.20 bits per heavy atom. The van der Waals surface area contributed by atoms with Gasteiger partial charge in [0.25, 0.3) is 0 Å². The van der Waals surface area contributed by atoms with E-state index in [1.54, 1.807) is 6.08 Å². The van der Waals surface area contributed by atoms with Crippen molar-refractivity contribution in [3.63, 3.8) is 0 Å². The fourth-order valence-electron chi connectivity index (χ4n) is 0.754. The summed E-state index contributed by atoms with van der Waals surface area (Å²) in [6, 6.07) is 0. The second kappa shape index (κ2) is 5.10. The lowest BCUT2D eigenvalue weighted by Gasteiger charge is -2.18. The Hall–Kier alpha value is -1.12. The van der Waals surface area contributed by atoms with Crippen LogP contribution in [0.15, 0.2) is 17.1 Å². The molecule has 0 aromatic heterocycles. The molecule has 0 aliphatic carbocycles. The molecule has 0 heterocycles. The van der Waals surface area contributed by atoms with Crippen LogP contribution in [0.2, 0.25) is 0 Å². The van der Waals surface area contributed by atoms with Gasteiger partial charge in [-0.3, -0.25) is 4.99 Å². The van der Waals surface area contributed by atoms with E-state index in [1.165, 1.54) is 13.2 Å². The highest BCUT2D eigenvalue weighted by molar-refractivity contribution is 5.83. The zero-order chi connectivity index (χ0) is 12.1. The van der Waals surface area contributed by atoms with E-state index in [1.807, 2.05) is 40.8 Å². The molecule has 3 heteroatoms. The molecule has 0 fully saturated rings. The van der Waals surface area contributed by atoms with E-state index in [0.717, 1.165) is 0 Å². The van der Waals surface area contributed by atoms with E-state index in [0.29, 0.717) is 0 Å². The van der Waals surface area contributed by atoms with Crippen LogP contribution >= 0.6 is 0 Å². The van der Waals surface area contributed by atoms with E-state index in [4.69, 9.17) is 0 Å². The van der Waals surface area contributed by atoms with Crippen LogP contribution in [-0.4, -0.2) is 24.8 Å². The first-order valence-corrected chi connectivity index (χ1v) is 5.00. The van der Waals surface area contributed by atoms with E-state index in [2.05, 4.69) is 9.73 Å². The van der Waals surface area contributed by atoms with Crippen molar-refractivity contribution in [1.82, 2.24) is 0 Å². The first-order chi connectivity index (χ1) is 6.66. The summed E-state index contributed by atoms with van der Waals surface area (Å²) in [5, 5.41) is 0. The van der Waals surface area contributed by atoms with Gasteiger partial charge in [-0.2, -0.15) is 0 Å². The minimum absolute atomic E-state index is 0.0869. The third-order valence-electron chi connectivity index (χ3n) is 1.63. The predicted octanol–water partition coefficient (Wildman–Crippen LogP) is 2.61. The third kappa shape index (κ3) is 7.91. The summed E-state index contributed by atoms with van der Waals surface area (Å²) in [7, 11) is 1.36. The molecule has 0 aromatic carbocycles. The van der Waals surface area contributed by atoms with Crippen molar-refractivity contribution in [3.8, 4) is 0 Å². The maximum Gasteiger partial charge on any atom is 0.330 e. The maximum absolute atomic E-state index is 10.9. The molecule has 0 radical (unpaired) electrons. The van der Waals surface area contributed by atoms with Gasteiger partial charge in [0.15, 0.2) is 0 Å². The van der Waals surface area contributed by atoms with Crippen LogP contribution in [0, 0.1) is 5.41 Å². The fraction of sp³-hybridized carbons (Fsp3) is 0.667. The lowest BCUT2D eigenvalue weighted by molar-refractivity contribution is -0.134. The van der Waals surface area contributed by atoms with Crippen LogP contribution in [0.4, 0.5) is 0 Å². The van der Waals surface area contributed by atoms with Crippen molar-refractivity contribution in [2.24, 2.45) is 10.4 Å². The second-order valence-electron chi connectivity index (χ2n) is 5.11. The SMILES string of the molecule is COC(=O)/C=C/C(C)(C)C=NC(C)(C)C. The van der Waals surface area contributed by atoms with Crippen molar-refractivity contribution in [2.45, 2.75) is 40.2 Å². The largest absolute Gasteiger partial charge is 0.466 e. The number of methoxy groups -OCH3 is 1. The molecule has 0 rings (SSSR count). The van der Waals surface area contributed by atoms with Crippen LogP contribution in [0.5, 0.6) is 0 Å². The Bertz CT molecular complexity index is 270. The fourth-order valence-corrected chi connectivity index (χ4v) is 0.754. The van der Waals surface area contributed by atoms with Gasteiger partial charge in [-0.25, -0.2) is 4.79 Å². The molecule has 0 N–H and O–H groups in total. The van der Waals surface area contributed by atoms with E-state index < -0.39 is 0 Å². The van der Waals surface area contributed by atoms with Crippen LogP contribution < -0.4 is 0 Å². The molecule has 0 saturated heterocycles. The lowest BCUT2D eigenvalue weighted by Crippen LogP contribution is -2.16. The Morgan fingerprint density at radius 2 is 1.73 bits per heavy atom. The number of esters is 1. The van der Waals surface area contributed by atoms with Crippen molar-refractivity contribution in [2.75, 3.05) is 7.11 Å². The van der Waals surface area contributed by atoms with Gasteiger partial charge in [-0.05, 0) is 20.8 Å². The molecule has 0 saturated carbocycles. The molecule has 0 unspecified atom stereocenters. The number of ether oxygens (including phenoxy) is 1. The van der Waals surface area contributed by atoms with Crippen molar-refractivity contribution >= 4 is 12.2 Å². The Kier molecular flexibility index (Phi) is 4.72. The Morgan fingerprint density at radius 3 is 2.13 bits per heavy atom. The van der Waals surface area contributed by atoms with Gasteiger partial charge in [-0.1, -0.05) is 19.9 Å². The average molecular weight is 211 g/mol. The van der Waals surface area contributed by atoms with Crippen LogP contribution in [0.3, 0.4) is 0 Å². The Labute approximate surface area is 92.2 Å². The monoisotopic (exact) mass is 211 g/mol. The first-order valence-electron chi connectivity index (χ1n) is 5.00. The smallest absolute Gasteiger partial charge is 0.330 e. The molecule has 0 amide bonds. The standard InChI is InChI=1S/C12H21NO2/c1-11(2,3)13-9-12(4,5)8-7-10(14)15-6/h7-9H,1-6H3/b8-7+,13-9?. The van der Waals surface area contributed by atoms with Crippen LogP contribution in [0.1, 0.15) is 34.6 Å². The summed E-state index contributed by atoms with van der Waals surface area (Å²) < 4.78 is 4.52. The summed E-state index contributed by atoms with van der Waals surface area (Å²) in [5.41, 5.74) is -0.322. The van der Waals surface area contributed by atoms with Crippen molar-refractivity contribution < 1.29 is 9.53 Å². The zero-order valence-corrected chi connectivity index (χ0v) is 10.5. The van der Waals surface area contributed by atoms with Gasteiger partial charge >= 0.3 is 5.97 Å². The van der Waals surface area contributed by atoms with Crippen molar-refractivity contribution in [3.05, 3.63) is 12.2 Å². The van der Waals surface area contributed by atoms with Gasteiger partial charge in [0.2, 0.25) is 0 Å². The minimum Gasteiger partial charge on any atom is -0.466 e. The minimum atomic E-state index is -0.341. The summed E-state index contributed by atoms with van der Waals surface area (Å²) in [4.78, 5) is 15.3. The topological polar surface area (TPSA) is 38.7 Å². The molecule has 15 heavy (non-hydrogen) atoms. The van der Waals surface area contributed by atoms with E-state index in [9.17, 15) is 4.79 Å². The van der Waals surface area contributed by atoms with E-state index >= 15 is 0 Å². The lowest BCUT2D eigenvalue weighted by atomic mass is 9.94. The van der Waals surface area contributed by atoms with Gasteiger partial charge in [-0.15, -0.1) is 0 Å². The van der Waals surface area contributed by atoms with Gasteiger partial charge in [0.1, 0.15) is 0 Å². The maximum atomic E-state index is 10.9. The normalized spacial score (nSPS) is 13.7. The van der Waals surface area contributed by atoms with Crippen molar-refractivity contribution in [1.29, 1.82) is 0 Å². The summed E-state index contributed by atoms with van der Waals surface area (Å²) in [6.45, 7) is 10.1. The molecule has 0 bridgehead atoms. The second-order valence-corrected chi connectivity index (χ2v) is 5.11. The number of carbonyl (C=O) groups excluding carboxylic acids is 1. The number of aliphatic imine (C=N–C) groups is 1. The van der Waals surface area contributed by atoms with Gasteiger partial charge in [0.05, 0.1) is 12.6 Å². The predicted molar refractivity (Wildman–Crippen MR) is 63.2 cm³/mol. The summed E-state index contributed by atoms with van der Waals surface area (Å²) in [6.07, 6.45) is 5.06. The molecule has 0 aliphatic rings. The molecule has 0 spiro atoms. The average Bonchev–Trinajstić information content (AvgIpc) is 2.10. The molecule has 86 valence electrons. The van der Waals surface area contributed by atoms with Gasteiger partial charge < -0.3 is 4.74 Å². The number of rotatable bonds is 3. The molecule has 3 nitrogen and oxygen atoms in total. The first kappa shape index (κ1) is 13.9. The summed E-state index contributed by atoms with van der Waals surface area (Å²) >= 11 is 0. The number of allylic oxidation sites excluding steroid dienone is 1. The van der Waals surface area contributed by atoms with Crippen LogP contribution in [-0.2, 0) is 9.53 Å². The molecular formula is C12H21NO2. The highest BCUT2D eigenvalue weighted by Gasteiger charge is 2.13. The number of hydrogen-bond donors (Lipinski definition) is 0. The molecule has 0 atom stereocenters. The van der Waals surface area contributed by atoms with E-state index in [-0.39, 0.29) is 16.9 Å². The summed E-state index contributed by atoms with van der Waals surface area (Å²) in [5.74, 6) is -0.341. The van der Waals surface area contributed by atoms with Crippen LogP contribution in [0.25, 0.3) is 0 Å². The molecular weight excluding hydrogens is 190 g/mol. The quantitative estimate of drug-likeness (QED) is 0.409. The molecule has 0 aliphatic heterocycles. The Balaban J connectivity index is 4.50.